The van der Waals surface area contributed by atoms with E-state index < -0.39 is 0 Å². The van der Waals surface area contributed by atoms with Crippen LogP contribution in [0.3, 0.4) is 0 Å². The Labute approximate surface area is 58.0 Å². The highest BCUT2D eigenvalue weighted by molar-refractivity contribution is 5.94. The van der Waals surface area contributed by atoms with Gasteiger partial charge in [-0.2, -0.15) is 0 Å². The van der Waals surface area contributed by atoms with E-state index in [4.69, 9.17) is 5.73 Å². The second-order valence-electron chi connectivity index (χ2n) is 1.85. The van der Waals surface area contributed by atoms with Gasteiger partial charge in [0.05, 0.1) is 0 Å². The van der Waals surface area contributed by atoms with Crippen LogP contribution in [0.25, 0.3) is 0 Å². The summed E-state index contributed by atoms with van der Waals surface area (Å²) in [5.74, 6) is -0.0729. The van der Waals surface area contributed by atoms with Crippen molar-refractivity contribution in [1.82, 2.24) is 5.16 Å². The topological polar surface area (TPSA) is 69.1 Å². The predicted octanol–water partition coefficient (Wildman–Crippen LogP) is 0.206. The molecule has 0 saturated heterocycles. The standard InChI is InChI=1S/C6H8N2O2/c7-3-1-6(9)5-2-4-10-8-5/h2,4H,1,3,7H2. The molecule has 1 rings (SSSR count). The molecule has 0 unspecified atom stereocenters. The van der Waals surface area contributed by atoms with Crippen molar-refractivity contribution in [3.8, 4) is 0 Å². The molecule has 0 fully saturated rings. The first-order valence-electron chi connectivity index (χ1n) is 2.98. The third-order valence-corrected chi connectivity index (χ3v) is 1.09. The minimum absolute atomic E-state index is 0.0729. The molecule has 0 amide bonds. The Balaban J connectivity index is 2.59. The van der Waals surface area contributed by atoms with Crippen LogP contribution < -0.4 is 5.73 Å². The molecule has 0 aliphatic carbocycles. The summed E-state index contributed by atoms with van der Waals surface area (Å²) in [4.78, 5) is 10.9. The molecular formula is C6H8N2O2. The van der Waals surface area contributed by atoms with Crippen LogP contribution in [0.2, 0.25) is 0 Å². The van der Waals surface area contributed by atoms with Crippen molar-refractivity contribution in [3.05, 3.63) is 18.0 Å². The van der Waals surface area contributed by atoms with E-state index >= 15 is 0 Å². The van der Waals surface area contributed by atoms with Crippen molar-refractivity contribution < 1.29 is 9.32 Å². The van der Waals surface area contributed by atoms with Crippen LogP contribution in [-0.2, 0) is 0 Å². The second-order valence-corrected chi connectivity index (χ2v) is 1.85. The van der Waals surface area contributed by atoms with E-state index in [-0.39, 0.29) is 5.78 Å². The summed E-state index contributed by atoms with van der Waals surface area (Å²) in [6.07, 6.45) is 1.69. The van der Waals surface area contributed by atoms with E-state index in [1.54, 1.807) is 0 Å². The number of Topliss-reactive ketones (excluding diaryl/α,β-unsaturated/α-hetero) is 1. The normalized spacial score (nSPS) is 9.70. The molecule has 2 N–H and O–H groups in total. The molecule has 0 bridgehead atoms. The van der Waals surface area contributed by atoms with Crippen LogP contribution in [0, 0.1) is 0 Å². The summed E-state index contributed by atoms with van der Waals surface area (Å²) in [6.45, 7) is 0.353. The number of nitrogens with zero attached hydrogens (tertiary/aromatic N) is 1. The lowest BCUT2D eigenvalue weighted by atomic mass is 10.2. The largest absolute Gasteiger partial charge is 0.364 e. The van der Waals surface area contributed by atoms with Gasteiger partial charge in [0.25, 0.3) is 0 Å². The summed E-state index contributed by atoms with van der Waals surface area (Å²) in [5.41, 5.74) is 5.51. The summed E-state index contributed by atoms with van der Waals surface area (Å²) in [6, 6.07) is 1.53. The van der Waals surface area contributed by atoms with E-state index in [9.17, 15) is 4.79 Å². The lowest BCUT2D eigenvalue weighted by molar-refractivity contribution is 0.0976. The Hall–Kier alpha value is -1.16. The van der Waals surface area contributed by atoms with Crippen molar-refractivity contribution in [2.45, 2.75) is 6.42 Å². The van der Waals surface area contributed by atoms with Crippen LogP contribution in [-0.4, -0.2) is 17.5 Å². The van der Waals surface area contributed by atoms with E-state index in [2.05, 4.69) is 9.68 Å². The maximum atomic E-state index is 10.9. The number of rotatable bonds is 3. The van der Waals surface area contributed by atoms with E-state index in [0.717, 1.165) is 0 Å². The fraction of sp³-hybridized carbons (Fsp3) is 0.333. The highest BCUT2D eigenvalue weighted by Gasteiger charge is 2.06. The first-order valence-corrected chi connectivity index (χ1v) is 2.98. The monoisotopic (exact) mass is 140 g/mol. The average molecular weight is 140 g/mol. The van der Waals surface area contributed by atoms with Crippen LogP contribution in [0.5, 0.6) is 0 Å². The van der Waals surface area contributed by atoms with E-state index in [1.165, 1.54) is 12.3 Å². The molecule has 0 atom stereocenters. The molecule has 0 radical (unpaired) electrons. The first-order chi connectivity index (χ1) is 4.84. The van der Waals surface area contributed by atoms with Gasteiger partial charge in [-0.05, 0) is 6.54 Å². The van der Waals surface area contributed by atoms with Gasteiger partial charge < -0.3 is 10.3 Å². The predicted molar refractivity (Wildman–Crippen MR) is 34.5 cm³/mol. The quantitative estimate of drug-likeness (QED) is 0.609. The fourth-order valence-electron chi connectivity index (χ4n) is 0.616. The molecule has 1 aromatic rings. The Bertz CT molecular complexity index is 206. The van der Waals surface area contributed by atoms with E-state index in [0.29, 0.717) is 18.7 Å². The van der Waals surface area contributed by atoms with Gasteiger partial charge in [0.1, 0.15) is 12.0 Å². The van der Waals surface area contributed by atoms with Gasteiger partial charge in [-0.15, -0.1) is 0 Å². The SMILES string of the molecule is NCCC(=O)c1ccon1. The first kappa shape index (κ1) is 6.95. The minimum Gasteiger partial charge on any atom is -0.364 e. The van der Waals surface area contributed by atoms with E-state index in [1.807, 2.05) is 0 Å². The van der Waals surface area contributed by atoms with Gasteiger partial charge >= 0.3 is 0 Å². The van der Waals surface area contributed by atoms with Gasteiger partial charge in [0.2, 0.25) is 0 Å². The number of hydrogen-bond acceptors (Lipinski definition) is 4. The number of hydrogen-bond donors (Lipinski definition) is 1. The van der Waals surface area contributed by atoms with Gasteiger partial charge in [0.15, 0.2) is 5.78 Å². The maximum absolute atomic E-state index is 10.9. The zero-order chi connectivity index (χ0) is 7.40. The molecule has 1 heterocycles. The Morgan fingerprint density at radius 3 is 3.10 bits per heavy atom. The summed E-state index contributed by atoms with van der Waals surface area (Å²) >= 11 is 0. The molecule has 0 saturated carbocycles. The minimum atomic E-state index is -0.0729. The molecule has 0 aliphatic rings. The summed E-state index contributed by atoms with van der Waals surface area (Å²) < 4.78 is 4.47. The Morgan fingerprint density at radius 1 is 1.80 bits per heavy atom. The van der Waals surface area contributed by atoms with Crippen molar-refractivity contribution in [3.63, 3.8) is 0 Å². The Kier molecular flexibility index (Phi) is 2.17. The zero-order valence-electron chi connectivity index (χ0n) is 5.41. The van der Waals surface area contributed by atoms with Gasteiger partial charge in [-0.25, -0.2) is 0 Å². The molecule has 0 aromatic carbocycles. The van der Waals surface area contributed by atoms with Gasteiger partial charge in [0, 0.05) is 12.5 Å². The zero-order valence-corrected chi connectivity index (χ0v) is 5.41. The fourth-order valence-corrected chi connectivity index (χ4v) is 0.616. The molecule has 0 aliphatic heterocycles. The third kappa shape index (κ3) is 1.41. The molecule has 4 heteroatoms. The molecule has 1 aromatic heterocycles. The molecule has 4 nitrogen and oxygen atoms in total. The number of carbonyl (C=O) groups is 1. The van der Waals surface area contributed by atoms with Crippen molar-refractivity contribution in [1.29, 1.82) is 0 Å². The van der Waals surface area contributed by atoms with Gasteiger partial charge in [-0.1, -0.05) is 5.16 Å². The van der Waals surface area contributed by atoms with Gasteiger partial charge in [-0.3, -0.25) is 4.79 Å². The summed E-state index contributed by atoms with van der Waals surface area (Å²) in [7, 11) is 0. The molecule has 54 valence electrons. The summed E-state index contributed by atoms with van der Waals surface area (Å²) in [5, 5.41) is 3.45. The number of aromatic nitrogens is 1. The second kappa shape index (κ2) is 3.12. The van der Waals surface area contributed by atoms with Crippen LogP contribution in [0.1, 0.15) is 16.9 Å². The molecule has 10 heavy (non-hydrogen) atoms. The molecule has 0 spiro atoms. The van der Waals surface area contributed by atoms with Crippen molar-refractivity contribution in [2.75, 3.05) is 6.54 Å². The highest BCUT2D eigenvalue weighted by Crippen LogP contribution is 1.97. The molecular weight excluding hydrogens is 132 g/mol. The average Bonchev–Trinajstić information content (AvgIpc) is 2.38. The third-order valence-electron chi connectivity index (χ3n) is 1.09. The smallest absolute Gasteiger partial charge is 0.185 e. The van der Waals surface area contributed by atoms with Crippen molar-refractivity contribution >= 4 is 5.78 Å². The van der Waals surface area contributed by atoms with Crippen LogP contribution in [0.4, 0.5) is 0 Å². The lowest BCUT2D eigenvalue weighted by Gasteiger charge is -1.88. The van der Waals surface area contributed by atoms with Crippen LogP contribution >= 0.6 is 0 Å². The van der Waals surface area contributed by atoms with Crippen LogP contribution in [0.15, 0.2) is 16.9 Å². The number of nitrogens with two attached hydrogens (primary N) is 1. The highest BCUT2D eigenvalue weighted by atomic mass is 16.5. The van der Waals surface area contributed by atoms with Crippen molar-refractivity contribution in [2.24, 2.45) is 5.73 Å². The number of carbonyl (C=O) groups excluding carboxylic acids is 1. The maximum Gasteiger partial charge on any atom is 0.185 e. The number of ketones is 1. The lowest BCUT2D eigenvalue weighted by Crippen LogP contribution is -2.08. The Morgan fingerprint density at radius 2 is 2.60 bits per heavy atom.